The first-order valence-electron chi connectivity index (χ1n) is 17.3. The van der Waals surface area contributed by atoms with Gasteiger partial charge in [0.25, 0.3) is 0 Å². The monoisotopic (exact) mass is 1150 g/mol. The fourth-order valence-corrected chi connectivity index (χ4v) is 4.73. The van der Waals surface area contributed by atoms with Crippen LogP contribution in [0.25, 0.3) is 0 Å². The number of aliphatic hydroxyl groups is 1. The Hall–Kier alpha value is 4.18. The summed E-state index contributed by atoms with van der Waals surface area (Å²) in [5.41, 5.74) is 0. The van der Waals surface area contributed by atoms with Gasteiger partial charge in [-0.3, -0.25) is 58.5 Å². The Bertz CT molecular complexity index is 1530. The SMILES string of the molecule is C=C(O)CN(CCN(CCN(CC(=O)[O-])CC(=O)O)CC(=O)O)CC(=O)[O-].CC(=O)CN(CC(=O)O)[C@@H](CCC(=O)O)C(=O)[O-].O=C([O-])CC(NC(CC(=O)O)C(=O)O)C(=O)[O-].[Na+].[Na+].[Na+].[Na+].[Na+].[Na+].[Na+].[Na+].[Na+].[Na+].[Na+]. The van der Waals surface area contributed by atoms with Crippen LogP contribution in [0.1, 0.15) is 32.6 Å². The number of nitrogens with zero attached hydrogens (tertiary/aromatic N) is 4. The van der Waals surface area contributed by atoms with Gasteiger partial charge in [0.1, 0.15) is 11.8 Å². The number of rotatable bonds is 33. The van der Waals surface area contributed by atoms with Gasteiger partial charge in [-0.1, -0.05) is 6.58 Å². The second-order valence-corrected chi connectivity index (χ2v) is 12.7. The molecule has 0 aliphatic heterocycles. The Kier molecular flexibility index (Phi) is 103. The number of hydrogen-bond acceptors (Lipinski definition) is 23. The molecule has 0 saturated heterocycles. The summed E-state index contributed by atoms with van der Waals surface area (Å²) in [5.74, 6) is -16.8. The van der Waals surface area contributed by atoms with Crippen molar-refractivity contribution < 1.29 is 444 Å². The minimum Gasteiger partial charge on any atom is -0.550 e. The number of carboxylic acid groups (broad SMARTS) is 11. The first-order chi connectivity index (χ1) is 28.5. The maximum Gasteiger partial charge on any atom is 1.00 e. The molecule has 8 N–H and O–H groups in total. The quantitative estimate of drug-likeness (QED) is 0.0223. The molecule has 352 valence electrons. The van der Waals surface area contributed by atoms with E-state index >= 15 is 0 Å². The van der Waals surface area contributed by atoms with Gasteiger partial charge in [-0.2, -0.15) is 0 Å². The Balaban J connectivity index is -0.0000000570. The van der Waals surface area contributed by atoms with Crippen molar-refractivity contribution in [2.24, 2.45) is 0 Å². The van der Waals surface area contributed by atoms with E-state index in [9.17, 15) is 88.2 Å². The zero-order valence-corrected chi connectivity index (χ0v) is 65.9. The fourth-order valence-electron chi connectivity index (χ4n) is 4.73. The Morgan fingerprint density at radius 3 is 1.08 bits per heavy atom. The number of aliphatic carboxylic acids is 11. The molecule has 0 heterocycles. The van der Waals surface area contributed by atoms with E-state index in [0.717, 1.165) is 9.80 Å². The van der Waals surface area contributed by atoms with Gasteiger partial charge in [-0.25, -0.2) is 0 Å². The first kappa shape index (κ1) is 112. The molecule has 0 fully saturated rings. The molecule has 0 bridgehead atoms. The fraction of sp³-hybridized carbons (Fsp3) is 0.576. The van der Waals surface area contributed by atoms with E-state index in [0.29, 0.717) is 0 Å². The van der Waals surface area contributed by atoms with Gasteiger partial charge in [-0.05, 0) is 13.3 Å². The van der Waals surface area contributed by atoms with E-state index in [1.165, 1.54) is 16.7 Å². The third-order valence-electron chi connectivity index (χ3n) is 7.14. The molecule has 0 saturated carbocycles. The van der Waals surface area contributed by atoms with E-state index in [4.69, 9.17) is 30.6 Å². The summed E-state index contributed by atoms with van der Waals surface area (Å²) in [5, 5.41) is 116. The molecular formula is C33H46N5Na11O24+6. The van der Waals surface area contributed by atoms with Gasteiger partial charge >= 0.3 is 361 Å². The molecule has 29 nitrogen and oxygen atoms in total. The van der Waals surface area contributed by atoms with Crippen molar-refractivity contribution in [2.75, 3.05) is 72.0 Å². The van der Waals surface area contributed by atoms with Crippen LogP contribution in [0.5, 0.6) is 0 Å². The van der Waals surface area contributed by atoms with E-state index in [2.05, 4.69) is 6.58 Å². The maximum absolute atomic E-state index is 11.0. The normalized spacial score (nSPS) is 10.3. The molecule has 0 aromatic heterocycles. The van der Waals surface area contributed by atoms with Crippen molar-refractivity contribution >= 4 is 71.4 Å². The molecule has 73 heavy (non-hydrogen) atoms. The average molecular weight is 1150 g/mol. The minimum absolute atomic E-state index is 0. The summed E-state index contributed by atoms with van der Waals surface area (Å²) < 4.78 is 0. The number of ketones is 1. The number of Topliss-reactive ketones (excluding diaryl/α,β-unsaturated/α-hetero) is 1. The molecule has 0 aliphatic rings. The van der Waals surface area contributed by atoms with Gasteiger partial charge in [0, 0.05) is 58.1 Å². The molecule has 3 atom stereocenters. The second kappa shape index (κ2) is 67.0. The van der Waals surface area contributed by atoms with Crippen LogP contribution in [0.2, 0.25) is 0 Å². The third-order valence-corrected chi connectivity index (χ3v) is 7.14. The van der Waals surface area contributed by atoms with Gasteiger partial charge in [-0.15, -0.1) is 0 Å². The number of aliphatic hydroxyl groups excluding tert-OH is 1. The Morgan fingerprint density at radius 2 is 0.808 bits per heavy atom. The zero-order chi connectivity index (χ0) is 48.9. The van der Waals surface area contributed by atoms with Crippen molar-refractivity contribution in [3.63, 3.8) is 0 Å². The second-order valence-electron chi connectivity index (χ2n) is 12.7. The summed E-state index contributed by atoms with van der Waals surface area (Å²) >= 11 is 0. The first-order valence-corrected chi connectivity index (χ1v) is 17.3. The predicted molar refractivity (Wildman–Crippen MR) is 187 cm³/mol. The molecule has 0 radical (unpaired) electrons. The largest absolute Gasteiger partial charge is 1.00 e. The summed E-state index contributed by atoms with van der Waals surface area (Å²) in [6.07, 6.45) is -2.69. The number of nitrogens with one attached hydrogen (secondary N) is 1. The van der Waals surface area contributed by atoms with Crippen LogP contribution in [0.3, 0.4) is 0 Å². The maximum atomic E-state index is 11.0. The topological polar surface area (TPSA) is 487 Å². The molecule has 0 spiro atoms. The van der Waals surface area contributed by atoms with Crippen LogP contribution in [0.4, 0.5) is 0 Å². The van der Waals surface area contributed by atoms with Crippen molar-refractivity contribution in [1.29, 1.82) is 0 Å². The summed E-state index contributed by atoms with van der Waals surface area (Å²) in [4.78, 5) is 132. The average Bonchev–Trinajstić information content (AvgIpc) is 3.06. The number of carbonyl (C=O) groups excluding carboxylic acids is 6. The van der Waals surface area contributed by atoms with Crippen LogP contribution >= 0.6 is 0 Å². The molecule has 2 unspecified atom stereocenters. The van der Waals surface area contributed by atoms with Crippen molar-refractivity contribution in [2.45, 2.75) is 50.7 Å². The Labute approximate surface area is 662 Å². The summed E-state index contributed by atoms with van der Waals surface area (Å²) in [6, 6.07) is -4.98. The van der Waals surface area contributed by atoms with E-state index in [1.807, 2.05) is 5.32 Å². The standard InChI is InChI=1S/C15H25N3O9.C10H15NO7.C8H11NO8.11Na/c1-11(19)6-17(8-13(22)23)4-2-16(7-12(20)21)3-5-18(9-14(24)25)10-15(26)27;1-6(12)4-11(5-9(15)16)7(10(17)18)2-3-8(13)14;10-5(11)1-3(7(14)15)9-4(8(16)17)2-6(12)13;;;;;;;;;;;/h19H,1-10H2,(H,20,21)(H,22,23)(H,24,25)(H,26,27);7H,2-5H2,1H3,(H,13,14)(H,15,16)(H,17,18);3-4,9H,1-2H2,(H,10,11)(H,12,13)(H,14,15)(H,16,17);;;;;;;;;;;/q;;;11*+1/p-5/t;7-;;;;;;;;;;;;/m.0............/s1. The van der Waals surface area contributed by atoms with Crippen molar-refractivity contribution in [3.05, 3.63) is 12.3 Å². The minimum atomic E-state index is -1.86. The number of carbonyl (C=O) groups is 12. The molecule has 0 amide bonds. The number of hydrogen-bond donors (Lipinski definition) is 8. The van der Waals surface area contributed by atoms with Gasteiger partial charge in [0.15, 0.2) is 0 Å². The molecule has 0 aliphatic carbocycles. The summed E-state index contributed by atoms with van der Waals surface area (Å²) in [6.45, 7) is 1.21. The molecule has 0 rings (SSSR count). The molecule has 0 aromatic rings. The van der Waals surface area contributed by atoms with Crippen LogP contribution in [-0.4, -0.2) is 217 Å². The van der Waals surface area contributed by atoms with Gasteiger partial charge < -0.3 is 85.3 Å². The Morgan fingerprint density at radius 1 is 0.438 bits per heavy atom. The van der Waals surface area contributed by atoms with Crippen LogP contribution < -0.4 is 356 Å². The van der Waals surface area contributed by atoms with Crippen LogP contribution in [-0.2, 0) is 57.5 Å². The van der Waals surface area contributed by atoms with Gasteiger partial charge in [0.2, 0.25) is 0 Å². The molecular weight excluding hydrogens is 1100 g/mol. The summed E-state index contributed by atoms with van der Waals surface area (Å²) in [7, 11) is 0. The van der Waals surface area contributed by atoms with E-state index in [1.54, 1.807) is 0 Å². The van der Waals surface area contributed by atoms with Crippen LogP contribution in [0.15, 0.2) is 12.3 Å². The number of carboxylic acids is 11. The predicted octanol–water partition coefficient (Wildman–Crippen LogP) is -43.6. The van der Waals surface area contributed by atoms with Gasteiger partial charge in [0.05, 0.1) is 80.9 Å². The molecule has 0 aromatic carbocycles. The molecule has 40 heteroatoms. The van der Waals surface area contributed by atoms with Crippen molar-refractivity contribution in [1.82, 2.24) is 24.9 Å². The van der Waals surface area contributed by atoms with E-state index in [-0.39, 0.29) is 377 Å². The smallest absolute Gasteiger partial charge is 0.550 e. The van der Waals surface area contributed by atoms with E-state index < -0.39 is 142 Å². The van der Waals surface area contributed by atoms with Crippen LogP contribution in [0, 0.1) is 0 Å². The zero-order valence-electron chi connectivity index (χ0n) is 43.9. The third kappa shape index (κ3) is 74.2. The van der Waals surface area contributed by atoms with Crippen molar-refractivity contribution in [3.8, 4) is 0 Å².